The van der Waals surface area contributed by atoms with Crippen molar-refractivity contribution in [1.82, 2.24) is 10.1 Å². The van der Waals surface area contributed by atoms with E-state index in [0.29, 0.717) is 27.0 Å². The topological polar surface area (TPSA) is 51.0 Å². The summed E-state index contributed by atoms with van der Waals surface area (Å²) in [6, 6.07) is 11.8. The van der Waals surface area contributed by atoms with E-state index in [9.17, 15) is 8.78 Å². The fourth-order valence-corrected chi connectivity index (χ4v) is 2.52. The lowest BCUT2D eigenvalue weighted by atomic mass is 10.2. The van der Waals surface area contributed by atoms with E-state index in [4.69, 9.17) is 34.8 Å². The first-order chi connectivity index (χ1) is 11.3. The molecule has 0 aliphatic carbocycles. The number of hydrogen-bond acceptors (Lipinski definition) is 4. The van der Waals surface area contributed by atoms with Crippen molar-refractivity contribution >= 4 is 46.2 Å². The zero-order valence-electron chi connectivity index (χ0n) is 11.7. The molecule has 0 aliphatic heterocycles. The minimum absolute atomic E-state index is 0.0146. The minimum Gasteiger partial charge on any atom is -0.353 e. The minimum atomic E-state index is -3.72. The molecule has 0 saturated heterocycles. The van der Waals surface area contributed by atoms with Crippen LogP contribution < -0.4 is 5.32 Å². The molecule has 1 aromatic heterocycles. The fourth-order valence-electron chi connectivity index (χ4n) is 1.95. The van der Waals surface area contributed by atoms with Gasteiger partial charge in [0.2, 0.25) is 5.82 Å². The highest BCUT2D eigenvalue weighted by Crippen LogP contribution is 2.34. The van der Waals surface area contributed by atoms with Crippen LogP contribution in [0.2, 0.25) is 10.0 Å². The lowest BCUT2D eigenvalue weighted by Gasteiger charge is -2.10. The molecule has 0 atom stereocenters. The molecule has 3 aromatic rings. The van der Waals surface area contributed by atoms with E-state index < -0.39 is 11.3 Å². The third-order valence-electron chi connectivity index (χ3n) is 3.02. The van der Waals surface area contributed by atoms with E-state index in [-0.39, 0.29) is 5.82 Å². The van der Waals surface area contributed by atoms with Crippen molar-refractivity contribution in [3.63, 3.8) is 0 Å². The van der Waals surface area contributed by atoms with E-state index in [1.165, 1.54) is 0 Å². The van der Waals surface area contributed by atoms with Crippen LogP contribution in [0.5, 0.6) is 0 Å². The first-order valence-corrected chi connectivity index (χ1v) is 7.70. The van der Waals surface area contributed by atoms with Crippen LogP contribution in [0, 0.1) is 0 Å². The summed E-state index contributed by atoms with van der Waals surface area (Å²) in [6.07, 6.45) is 0. The van der Waals surface area contributed by atoms with Crippen molar-refractivity contribution in [1.29, 1.82) is 0 Å². The van der Waals surface area contributed by atoms with Gasteiger partial charge in [-0.05, 0) is 35.9 Å². The molecule has 0 bridgehead atoms. The Morgan fingerprint density at radius 2 is 1.71 bits per heavy atom. The molecule has 0 spiro atoms. The Labute approximate surface area is 150 Å². The number of aromatic nitrogens is 2. The van der Waals surface area contributed by atoms with Gasteiger partial charge >= 0.3 is 11.3 Å². The summed E-state index contributed by atoms with van der Waals surface area (Å²) in [6.45, 7) is 0. The number of benzene rings is 2. The molecule has 2 aromatic carbocycles. The number of anilines is 2. The summed E-state index contributed by atoms with van der Waals surface area (Å²) in [4.78, 5) is 3.60. The molecule has 4 nitrogen and oxygen atoms in total. The summed E-state index contributed by atoms with van der Waals surface area (Å²) in [5.41, 5.74) is 1.60. The maximum atomic E-state index is 13.0. The lowest BCUT2D eigenvalue weighted by Crippen LogP contribution is -2.03. The standard InChI is InChI=1S/C15H8Cl3F2N3O/c16-10-5-2-6-11(17)12(10)21-9-4-1-3-8(7-9)13-22-14(24-23-13)15(18,19)20/h1-7,21H. The van der Waals surface area contributed by atoms with Gasteiger partial charge < -0.3 is 9.84 Å². The Morgan fingerprint density at radius 1 is 1.04 bits per heavy atom. The van der Waals surface area contributed by atoms with Gasteiger partial charge in [-0.1, -0.05) is 46.6 Å². The maximum absolute atomic E-state index is 13.0. The van der Waals surface area contributed by atoms with Gasteiger partial charge in [-0.25, -0.2) is 0 Å². The Hall–Kier alpha value is -1.89. The molecule has 0 fully saturated rings. The zero-order chi connectivity index (χ0) is 17.3. The highest BCUT2D eigenvalue weighted by atomic mass is 35.5. The molecule has 0 saturated carbocycles. The third kappa shape index (κ3) is 3.61. The molecule has 0 amide bonds. The second-order valence-electron chi connectivity index (χ2n) is 4.72. The van der Waals surface area contributed by atoms with E-state index in [1.54, 1.807) is 42.5 Å². The van der Waals surface area contributed by atoms with Gasteiger partial charge in [-0.3, -0.25) is 0 Å². The monoisotopic (exact) mass is 389 g/mol. The van der Waals surface area contributed by atoms with Gasteiger partial charge in [-0.2, -0.15) is 13.8 Å². The normalized spacial score (nSPS) is 11.5. The average molecular weight is 391 g/mol. The molecule has 0 aliphatic rings. The highest BCUT2D eigenvalue weighted by molar-refractivity contribution is 6.39. The quantitative estimate of drug-likeness (QED) is 0.549. The zero-order valence-corrected chi connectivity index (χ0v) is 14.0. The van der Waals surface area contributed by atoms with Gasteiger partial charge in [0, 0.05) is 11.3 Å². The Balaban J connectivity index is 1.91. The number of nitrogens with zero attached hydrogens (tertiary/aromatic N) is 2. The van der Waals surface area contributed by atoms with Gasteiger partial charge in [0.05, 0.1) is 15.7 Å². The molecule has 1 heterocycles. The largest absolute Gasteiger partial charge is 0.400 e. The van der Waals surface area contributed by atoms with Crippen LogP contribution >= 0.6 is 34.8 Å². The molecule has 1 N–H and O–H groups in total. The third-order valence-corrected chi connectivity index (χ3v) is 3.81. The molecular weight excluding hydrogens is 383 g/mol. The van der Waals surface area contributed by atoms with Crippen LogP contribution in [0.3, 0.4) is 0 Å². The van der Waals surface area contributed by atoms with Crippen molar-refractivity contribution in [2.45, 2.75) is 5.38 Å². The predicted octanol–water partition coefficient (Wildman–Crippen LogP) is 6.08. The summed E-state index contributed by atoms with van der Waals surface area (Å²) >= 11 is 17.1. The van der Waals surface area contributed by atoms with E-state index in [0.717, 1.165) is 0 Å². The fraction of sp³-hybridized carbons (Fsp3) is 0.0667. The maximum Gasteiger partial charge on any atom is 0.400 e. The van der Waals surface area contributed by atoms with Crippen LogP contribution in [-0.2, 0) is 5.38 Å². The van der Waals surface area contributed by atoms with Gasteiger partial charge in [-0.15, -0.1) is 0 Å². The molecule has 9 heteroatoms. The Morgan fingerprint density at radius 3 is 2.33 bits per heavy atom. The summed E-state index contributed by atoms with van der Waals surface area (Å²) in [5, 5.41) is 3.74. The SMILES string of the molecule is FC(F)(Cl)c1nc(-c2cccc(Nc3c(Cl)cccc3Cl)c2)no1. The van der Waals surface area contributed by atoms with Crippen LogP contribution in [-0.4, -0.2) is 10.1 Å². The second kappa shape index (κ2) is 6.55. The smallest absolute Gasteiger partial charge is 0.353 e. The van der Waals surface area contributed by atoms with Crippen molar-refractivity contribution in [2.24, 2.45) is 0 Å². The predicted molar refractivity (Wildman–Crippen MR) is 89.2 cm³/mol. The van der Waals surface area contributed by atoms with Gasteiger partial charge in [0.25, 0.3) is 0 Å². The molecule has 24 heavy (non-hydrogen) atoms. The number of rotatable bonds is 4. The van der Waals surface area contributed by atoms with Crippen molar-refractivity contribution in [2.75, 3.05) is 5.32 Å². The molecule has 0 unspecified atom stereocenters. The molecular formula is C15H8Cl3F2N3O. The van der Waals surface area contributed by atoms with E-state index >= 15 is 0 Å². The summed E-state index contributed by atoms with van der Waals surface area (Å²) < 4.78 is 30.4. The number of alkyl halides is 3. The van der Waals surface area contributed by atoms with Crippen LogP contribution in [0.4, 0.5) is 20.2 Å². The number of halogens is 5. The van der Waals surface area contributed by atoms with Crippen molar-refractivity contribution in [3.8, 4) is 11.4 Å². The number of para-hydroxylation sites is 1. The second-order valence-corrected chi connectivity index (χ2v) is 6.01. The van der Waals surface area contributed by atoms with Crippen LogP contribution in [0.15, 0.2) is 47.0 Å². The van der Waals surface area contributed by atoms with Gasteiger partial charge in [0.15, 0.2) is 0 Å². The number of hydrogen-bond donors (Lipinski definition) is 1. The number of nitrogens with one attached hydrogen (secondary N) is 1. The molecule has 124 valence electrons. The van der Waals surface area contributed by atoms with Crippen molar-refractivity contribution in [3.05, 3.63) is 58.4 Å². The van der Waals surface area contributed by atoms with Gasteiger partial charge in [0.1, 0.15) is 0 Å². The first kappa shape index (κ1) is 17.0. The Kier molecular flexibility index (Phi) is 4.62. The first-order valence-electron chi connectivity index (χ1n) is 6.57. The lowest BCUT2D eigenvalue weighted by molar-refractivity contribution is 0.0551. The Bertz CT molecular complexity index is 860. The van der Waals surface area contributed by atoms with Crippen LogP contribution in [0.1, 0.15) is 5.89 Å². The molecule has 0 radical (unpaired) electrons. The van der Waals surface area contributed by atoms with E-state index in [1.807, 2.05) is 0 Å². The van der Waals surface area contributed by atoms with Crippen LogP contribution in [0.25, 0.3) is 11.4 Å². The summed E-state index contributed by atoms with van der Waals surface area (Å²) in [5.74, 6) is -0.981. The van der Waals surface area contributed by atoms with E-state index in [2.05, 4.69) is 20.0 Å². The molecule has 3 rings (SSSR count). The average Bonchev–Trinajstić information content (AvgIpc) is 3.02. The highest BCUT2D eigenvalue weighted by Gasteiger charge is 2.35. The summed E-state index contributed by atoms with van der Waals surface area (Å²) in [7, 11) is 0. The van der Waals surface area contributed by atoms with Crippen molar-refractivity contribution < 1.29 is 13.3 Å².